The smallest absolute Gasteiger partial charge is 0.331 e. The van der Waals surface area contributed by atoms with Gasteiger partial charge in [0.05, 0.1) is 0 Å². The van der Waals surface area contributed by atoms with Gasteiger partial charge in [-0.25, -0.2) is 19.2 Å². The van der Waals surface area contributed by atoms with Gasteiger partial charge in [0.2, 0.25) is 0 Å². The van der Waals surface area contributed by atoms with Crippen LogP contribution in [0.4, 0.5) is 0 Å². The molecule has 122 valence electrons. The van der Waals surface area contributed by atoms with E-state index in [0.717, 1.165) is 0 Å². The zero-order valence-corrected chi connectivity index (χ0v) is 11.8. The number of hydrogen-bond donors (Lipinski definition) is 4. The van der Waals surface area contributed by atoms with Crippen LogP contribution in [0.1, 0.15) is 38.5 Å². The Morgan fingerprint density at radius 1 is 0.591 bits per heavy atom. The van der Waals surface area contributed by atoms with Gasteiger partial charge in [-0.3, -0.25) is 0 Å². The van der Waals surface area contributed by atoms with Gasteiger partial charge in [-0.05, 0) is 25.7 Å². The fraction of sp³-hybridized carbons (Fsp3) is 0.429. The molecule has 0 fully saturated rings. The van der Waals surface area contributed by atoms with E-state index < -0.39 is 23.9 Å². The van der Waals surface area contributed by atoms with Gasteiger partial charge in [0.1, 0.15) is 0 Å². The second kappa shape index (κ2) is 10.1. The summed E-state index contributed by atoms with van der Waals surface area (Å²) in [6.07, 6.45) is 3.61. The molecule has 0 aliphatic rings. The topological polar surface area (TPSA) is 149 Å². The predicted molar refractivity (Wildman–Crippen MR) is 74.4 cm³/mol. The third-order valence-corrected chi connectivity index (χ3v) is 2.79. The van der Waals surface area contributed by atoms with Crippen molar-refractivity contribution in [1.82, 2.24) is 0 Å². The summed E-state index contributed by atoms with van der Waals surface area (Å²) < 4.78 is 0. The van der Waals surface area contributed by atoms with Crippen LogP contribution >= 0.6 is 0 Å². The summed E-state index contributed by atoms with van der Waals surface area (Å²) in [6, 6.07) is 0. The highest BCUT2D eigenvalue weighted by Gasteiger charge is 2.10. The molecule has 0 aliphatic carbocycles. The first-order valence-corrected chi connectivity index (χ1v) is 6.57. The first-order chi connectivity index (χ1) is 10.2. The molecule has 8 heteroatoms. The van der Waals surface area contributed by atoms with Gasteiger partial charge < -0.3 is 20.4 Å². The molecule has 8 nitrogen and oxygen atoms in total. The van der Waals surface area contributed by atoms with Crippen molar-refractivity contribution >= 4 is 23.9 Å². The van der Waals surface area contributed by atoms with Crippen LogP contribution in [0, 0.1) is 0 Å². The Hall–Kier alpha value is -2.64. The third-order valence-electron chi connectivity index (χ3n) is 2.79. The fourth-order valence-corrected chi connectivity index (χ4v) is 1.76. The molecule has 0 heterocycles. The van der Waals surface area contributed by atoms with Gasteiger partial charge in [0.25, 0.3) is 0 Å². The molecule has 0 spiro atoms. The molecule has 0 atom stereocenters. The number of carboxylic acids is 4. The van der Waals surface area contributed by atoms with Gasteiger partial charge in [0, 0.05) is 23.3 Å². The largest absolute Gasteiger partial charge is 0.478 e. The predicted octanol–water partition coefficient (Wildman–Crippen LogP) is 1.52. The molecule has 0 aromatic heterocycles. The summed E-state index contributed by atoms with van der Waals surface area (Å²) in [4.78, 5) is 42.4. The van der Waals surface area contributed by atoms with Gasteiger partial charge >= 0.3 is 23.9 Å². The van der Waals surface area contributed by atoms with Crippen LogP contribution in [0.15, 0.2) is 23.3 Å². The van der Waals surface area contributed by atoms with E-state index in [1.807, 2.05) is 0 Å². The summed E-state index contributed by atoms with van der Waals surface area (Å²) in [7, 11) is 0. The lowest BCUT2D eigenvalue weighted by Crippen LogP contribution is -2.05. The SMILES string of the molecule is O=C(O)C=C(CCCCCCC(=CC(=O)O)C(=O)O)C(=O)O. The number of carboxylic acid groups (broad SMARTS) is 4. The Balaban J connectivity index is 4.13. The van der Waals surface area contributed by atoms with Crippen molar-refractivity contribution in [2.75, 3.05) is 0 Å². The normalized spacial score (nSPS) is 12.0. The van der Waals surface area contributed by atoms with Gasteiger partial charge in [-0.2, -0.15) is 0 Å². The molecule has 0 bridgehead atoms. The van der Waals surface area contributed by atoms with Crippen molar-refractivity contribution in [2.45, 2.75) is 38.5 Å². The lowest BCUT2D eigenvalue weighted by Gasteiger charge is -2.03. The van der Waals surface area contributed by atoms with Crippen molar-refractivity contribution in [3.8, 4) is 0 Å². The number of rotatable bonds is 11. The second-order valence-electron chi connectivity index (χ2n) is 4.54. The van der Waals surface area contributed by atoms with Crippen LogP contribution in [0.5, 0.6) is 0 Å². The van der Waals surface area contributed by atoms with Gasteiger partial charge in [-0.15, -0.1) is 0 Å². The summed E-state index contributed by atoms with van der Waals surface area (Å²) in [5.74, 6) is -5.19. The first-order valence-electron chi connectivity index (χ1n) is 6.57. The van der Waals surface area contributed by atoms with Crippen molar-refractivity contribution in [3.63, 3.8) is 0 Å². The summed E-state index contributed by atoms with van der Waals surface area (Å²) in [6.45, 7) is 0. The third kappa shape index (κ3) is 9.29. The van der Waals surface area contributed by atoms with E-state index in [1.54, 1.807) is 0 Å². The molecule has 4 N–H and O–H groups in total. The van der Waals surface area contributed by atoms with Crippen LogP contribution in [0.25, 0.3) is 0 Å². The van der Waals surface area contributed by atoms with E-state index in [2.05, 4.69) is 0 Å². The highest BCUT2D eigenvalue weighted by atomic mass is 16.4. The molecule has 22 heavy (non-hydrogen) atoms. The number of carbonyl (C=O) groups is 4. The van der Waals surface area contributed by atoms with Crippen molar-refractivity contribution < 1.29 is 39.6 Å². The molecule has 0 aliphatic heterocycles. The molecular formula is C14H18O8. The maximum atomic E-state index is 10.8. The number of hydrogen-bond acceptors (Lipinski definition) is 4. The maximum Gasteiger partial charge on any atom is 0.331 e. The van der Waals surface area contributed by atoms with E-state index in [9.17, 15) is 19.2 Å². The van der Waals surface area contributed by atoms with Crippen molar-refractivity contribution in [3.05, 3.63) is 23.3 Å². The summed E-state index contributed by atoms with van der Waals surface area (Å²) >= 11 is 0. The molecular weight excluding hydrogens is 296 g/mol. The van der Waals surface area contributed by atoms with Crippen LogP contribution in [0.2, 0.25) is 0 Å². The van der Waals surface area contributed by atoms with Crippen LogP contribution < -0.4 is 0 Å². The molecule has 0 radical (unpaired) electrons. The average Bonchev–Trinajstić information content (AvgIpc) is 2.38. The Labute approximate surface area is 126 Å². The number of unbranched alkanes of at least 4 members (excludes halogenated alkanes) is 3. The van der Waals surface area contributed by atoms with E-state index >= 15 is 0 Å². The van der Waals surface area contributed by atoms with Crippen LogP contribution in [-0.2, 0) is 19.2 Å². The minimum atomic E-state index is -1.32. The quantitative estimate of drug-likeness (QED) is 0.331. The van der Waals surface area contributed by atoms with Crippen LogP contribution in [0.3, 0.4) is 0 Å². The molecule has 0 unspecified atom stereocenters. The summed E-state index contributed by atoms with van der Waals surface area (Å²) in [5.41, 5.74) is -0.381. The van der Waals surface area contributed by atoms with E-state index in [1.165, 1.54) is 0 Å². The molecule has 0 aromatic carbocycles. The van der Waals surface area contributed by atoms with E-state index in [-0.39, 0.29) is 24.0 Å². The van der Waals surface area contributed by atoms with Gasteiger partial charge in [-0.1, -0.05) is 12.8 Å². The summed E-state index contributed by atoms with van der Waals surface area (Å²) in [5, 5.41) is 34.6. The molecule has 0 saturated heterocycles. The van der Waals surface area contributed by atoms with Crippen LogP contribution in [-0.4, -0.2) is 44.3 Å². The standard InChI is InChI=1S/C14H18O8/c15-11(16)7-9(13(19)20)5-3-1-2-4-6-10(14(21)22)8-12(17)18/h7-8H,1-6H2,(H,15,16)(H,17,18)(H,19,20)(H,21,22). The molecule has 0 saturated carbocycles. The van der Waals surface area contributed by atoms with Gasteiger partial charge in [0.15, 0.2) is 0 Å². The Morgan fingerprint density at radius 2 is 0.909 bits per heavy atom. The van der Waals surface area contributed by atoms with E-state index in [4.69, 9.17) is 20.4 Å². The zero-order chi connectivity index (χ0) is 17.1. The van der Waals surface area contributed by atoms with Crippen molar-refractivity contribution in [2.24, 2.45) is 0 Å². The Morgan fingerprint density at radius 3 is 1.14 bits per heavy atom. The first kappa shape index (κ1) is 19.4. The number of aliphatic carboxylic acids is 4. The minimum absolute atomic E-state index is 0.110. The highest BCUT2D eigenvalue weighted by molar-refractivity contribution is 5.95. The highest BCUT2D eigenvalue weighted by Crippen LogP contribution is 2.14. The lowest BCUT2D eigenvalue weighted by molar-refractivity contribution is -0.135. The Kier molecular flexibility index (Phi) is 8.92. The van der Waals surface area contributed by atoms with E-state index in [0.29, 0.717) is 37.8 Å². The lowest BCUT2D eigenvalue weighted by atomic mass is 10.0. The monoisotopic (exact) mass is 314 g/mol. The average molecular weight is 314 g/mol. The fourth-order valence-electron chi connectivity index (χ4n) is 1.76. The zero-order valence-electron chi connectivity index (χ0n) is 11.8. The molecule has 0 amide bonds. The second-order valence-corrected chi connectivity index (χ2v) is 4.54. The minimum Gasteiger partial charge on any atom is -0.478 e. The van der Waals surface area contributed by atoms with Crippen molar-refractivity contribution in [1.29, 1.82) is 0 Å². The molecule has 0 aromatic rings. The Bertz CT molecular complexity index is 455. The maximum absolute atomic E-state index is 10.8. The molecule has 0 rings (SSSR count).